The van der Waals surface area contributed by atoms with Crippen LogP contribution in [-0.2, 0) is 4.74 Å². The lowest BCUT2D eigenvalue weighted by molar-refractivity contribution is 0.0718. The molecular formula is C8H16OS. The van der Waals surface area contributed by atoms with Crippen LogP contribution in [0.2, 0.25) is 0 Å². The summed E-state index contributed by atoms with van der Waals surface area (Å²) < 4.78 is 5.51. The molecule has 1 aliphatic heterocycles. The third kappa shape index (κ3) is 2.17. The van der Waals surface area contributed by atoms with E-state index in [9.17, 15) is 0 Å². The molecule has 0 spiro atoms. The lowest BCUT2D eigenvalue weighted by Gasteiger charge is -2.28. The van der Waals surface area contributed by atoms with Crippen molar-refractivity contribution in [1.82, 2.24) is 0 Å². The fourth-order valence-electron chi connectivity index (χ4n) is 0.999. The van der Waals surface area contributed by atoms with Crippen molar-refractivity contribution in [2.24, 2.45) is 11.8 Å². The average Bonchev–Trinajstić information content (AvgIpc) is 1.88. The molecule has 0 radical (unpaired) electrons. The molecule has 1 nitrogen and oxygen atoms in total. The Bertz CT molecular complexity index is 95.4. The summed E-state index contributed by atoms with van der Waals surface area (Å²) in [6, 6.07) is 0. The van der Waals surface area contributed by atoms with Crippen LogP contribution in [0.15, 0.2) is 0 Å². The number of hydrogen-bond donors (Lipinski definition) is 0. The zero-order chi connectivity index (χ0) is 7.56. The summed E-state index contributed by atoms with van der Waals surface area (Å²) in [4.78, 5) is 0. The van der Waals surface area contributed by atoms with E-state index in [1.165, 1.54) is 5.75 Å². The largest absolute Gasteiger partial charge is 0.368 e. The highest BCUT2D eigenvalue weighted by molar-refractivity contribution is 7.99. The molecule has 0 aromatic rings. The van der Waals surface area contributed by atoms with Gasteiger partial charge in [0.15, 0.2) is 0 Å². The predicted octanol–water partition coefficient (Wildman–Crippen LogP) is 2.37. The number of hydrogen-bond acceptors (Lipinski definition) is 2. The van der Waals surface area contributed by atoms with Crippen molar-refractivity contribution in [2.75, 3.05) is 12.4 Å². The van der Waals surface area contributed by atoms with E-state index in [1.54, 1.807) is 0 Å². The molecule has 0 bridgehead atoms. The molecule has 60 valence electrons. The van der Waals surface area contributed by atoms with Gasteiger partial charge in [-0.15, -0.1) is 11.8 Å². The van der Waals surface area contributed by atoms with Gasteiger partial charge in [0.2, 0.25) is 0 Å². The molecule has 2 atom stereocenters. The van der Waals surface area contributed by atoms with E-state index in [0.717, 1.165) is 18.4 Å². The Kier molecular flexibility index (Phi) is 3.05. The second-order valence-electron chi connectivity index (χ2n) is 3.24. The molecule has 10 heavy (non-hydrogen) atoms. The molecule has 1 rings (SSSR count). The maximum atomic E-state index is 5.51. The highest BCUT2D eigenvalue weighted by atomic mass is 32.2. The fraction of sp³-hybridized carbons (Fsp3) is 1.00. The summed E-state index contributed by atoms with van der Waals surface area (Å²) in [5.41, 5.74) is 0.426. The van der Waals surface area contributed by atoms with Gasteiger partial charge in [-0.2, -0.15) is 0 Å². The third-order valence-corrected chi connectivity index (χ3v) is 3.26. The summed E-state index contributed by atoms with van der Waals surface area (Å²) in [5.74, 6) is 2.83. The minimum atomic E-state index is 0.426. The molecule has 1 heterocycles. The topological polar surface area (TPSA) is 9.23 Å². The first-order chi connectivity index (χ1) is 4.70. The van der Waals surface area contributed by atoms with Gasteiger partial charge in [0.1, 0.15) is 0 Å². The first kappa shape index (κ1) is 8.41. The van der Waals surface area contributed by atoms with Crippen LogP contribution in [0, 0.1) is 11.8 Å². The van der Waals surface area contributed by atoms with Crippen molar-refractivity contribution in [3.63, 3.8) is 0 Å². The van der Waals surface area contributed by atoms with Crippen molar-refractivity contribution >= 4 is 11.8 Å². The van der Waals surface area contributed by atoms with Crippen LogP contribution in [-0.4, -0.2) is 17.8 Å². The van der Waals surface area contributed by atoms with Gasteiger partial charge in [-0.25, -0.2) is 0 Å². The van der Waals surface area contributed by atoms with E-state index in [0.29, 0.717) is 5.44 Å². The Morgan fingerprint density at radius 1 is 1.50 bits per heavy atom. The first-order valence-corrected chi connectivity index (χ1v) is 4.98. The summed E-state index contributed by atoms with van der Waals surface area (Å²) >= 11 is 1.93. The minimum Gasteiger partial charge on any atom is -0.368 e. The number of rotatable bonds is 1. The molecule has 0 saturated carbocycles. The number of ether oxygens (including phenoxy) is 1. The monoisotopic (exact) mass is 160 g/mol. The Hall–Kier alpha value is 0.310. The van der Waals surface area contributed by atoms with Crippen LogP contribution in [0.25, 0.3) is 0 Å². The summed E-state index contributed by atoms with van der Waals surface area (Å²) in [7, 11) is 0. The van der Waals surface area contributed by atoms with Gasteiger partial charge < -0.3 is 4.74 Å². The van der Waals surface area contributed by atoms with Crippen molar-refractivity contribution < 1.29 is 4.74 Å². The highest BCUT2D eigenvalue weighted by Gasteiger charge is 2.21. The van der Waals surface area contributed by atoms with Gasteiger partial charge in [-0.05, 0) is 18.8 Å². The molecular weight excluding hydrogens is 144 g/mol. The molecule has 0 unspecified atom stereocenters. The molecule has 0 amide bonds. The smallest absolute Gasteiger partial charge is 0.0999 e. The lowest BCUT2D eigenvalue weighted by Crippen LogP contribution is -2.26. The molecule has 0 N–H and O–H groups in total. The number of thioether (sulfide) groups is 1. The van der Waals surface area contributed by atoms with E-state index in [4.69, 9.17) is 4.74 Å². The van der Waals surface area contributed by atoms with E-state index in [2.05, 4.69) is 20.8 Å². The van der Waals surface area contributed by atoms with E-state index >= 15 is 0 Å². The summed E-state index contributed by atoms with van der Waals surface area (Å²) in [5, 5.41) is 0. The van der Waals surface area contributed by atoms with Crippen molar-refractivity contribution in [2.45, 2.75) is 26.2 Å². The second kappa shape index (κ2) is 3.63. The van der Waals surface area contributed by atoms with Gasteiger partial charge in [-0.3, -0.25) is 0 Å². The molecule has 1 fully saturated rings. The quantitative estimate of drug-likeness (QED) is 0.582. The third-order valence-electron chi connectivity index (χ3n) is 2.03. The zero-order valence-electron chi connectivity index (χ0n) is 6.96. The average molecular weight is 160 g/mol. The molecule has 0 aliphatic carbocycles. The van der Waals surface area contributed by atoms with Gasteiger partial charge in [0, 0.05) is 5.75 Å². The van der Waals surface area contributed by atoms with Crippen LogP contribution in [0.1, 0.15) is 20.8 Å². The van der Waals surface area contributed by atoms with E-state index < -0.39 is 0 Å². The molecule has 1 saturated heterocycles. The SMILES string of the molecule is CC(C)[C@H]1CO[C@H](C)SC1. The Morgan fingerprint density at radius 2 is 2.20 bits per heavy atom. The molecule has 2 heteroatoms. The van der Waals surface area contributed by atoms with Crippen molar-refractivity contribution in [1.29, 1.82) is 0 Å². The van der Waals surface area contributed by atoms with Crippen LogP contribution in [0.5, 0.6) is 0 Å². The maximum Gasteiger partial charge on any atom is 0.0999 e. The van der Waals surface area contributed by atoms with Crippen molar-refractivity contribution in [3.8, 4) is 0 Å². The van der Waals surface area contributed by atoms with Gasteiger partial charge in [-0.1, -0.05) is 13.8 Å². The van der Waals surface area contributed by atoms with Gasteiger partial charge in [0.05, 0.1) is 12.0 Å². The minimum absolute atomic E-state index is 0.426. The standard InChI is InChI=1S/C8H16OS/c1-6(2)8-4-9-7(3)10-5-8/h6-8H,4-5H2,1-3H3/t7-,8-/m0/s1. The Labute approximate surface area is 67.5 Å². The second-order valence-corrected chi connectivity index (χ2v) is 4.57. The Morgan fingerprint density at radius 3 is 2.60 bits per heavy atom. The maximum absolute atomic E-state index is 5.51. The molecule has 1 aliphatic rings. The van der Waals surface area contributed by atoms with Crippen LogP contribution >= 0.6 is 11.8 Å². The fourth-order valence-corrected chi connectivity index (χ4v) is 2.17. The normalized spacial score (nSPS) is 34.8. The van der Waals surface area contributed by atoms with Crippen molar-refractivity contribution in [3.05, 3.63) is 0 Å². The predicted molar refractivity (Wildman–Crippen MR) is 46.2 cm³/mol. The lowest BCUT2D eigenvalue weighted by atomic mass is 9.99. The van der Waals surface area contributed by atoms with E-state index in [-0.39, 0.29) is 0 Å². The summed E-state index contributed by atoms with van der Waals surface area (Å²) in [6.45, 7) is 7.63. The highest BCUT2D eigenvalue weighted by Crippen LogP contribution is 2.27. The van der Waals surface area contributed by atoms with Crippen LogP contribution in [0.3, 0.4) is 0 Å². The molecule has 0 aromatic heterocycles. The zero-order valence-corrected chi connectivity index (χ0v) is 7.78. The Balaban J connectivity index is 2.26. The van der Waals surface area contributed by atoms with Crippen LogP contribution < -0.4 is 0 Å². The van der Waals surface area contributed by atoms with Crippen LogP contribution in [0.4, 0.5) is 0 Å². The summed E-state index contributed by atoms with van der Waals surface area (Å²) in [6.07, 6.45) is 0. The first-order valence-electron chi connectivity index (χ1n) is 3.93. The molecule has 0 aromatic carbocycles. The van der Waals surface area contributed by atoms with E-state index in [1.807, 2.05) is 11.8 Å². The van der Waals surface area contributed by atoms with Gasteiger partial charge in [0.25, 0.3) is 0 Å². The van der Waals surface area contributed by atoms with Gasteiger partial charge >= 0.3 is 0 Å².